The number of fused-ring (bicyclic) bond motifs is 2. The molecule has 0 aliphatic carbocycles. The summed E-state index contributed by atoms with van der Waals surface area (Å²) in [7, 11) is 2.73. The van der Waals surface area contributed by atoms with E-state index in [4.69, 9.17) is 4.74 Å². The van der Waals surface area contributed by atoms with E-state index in [2.05, 4.69) is 77.8 Å². The van der Waals surface area contributed by atoms with Crippen molar-refractivity contribution in [1.82, 2.24) is 29.9 Å². The van der Waals surface area contributed by atoms with E-state index in [0.717, 1.165) is 21.0 Å². The van der Waals surface area contributed by atoms with Crippen molar-refractivity contribution in [2.24, 2.45) is 0 Å². The fraction of sp³-hybridized carbons (Fsp3) is 0.364. The average Bonchev–Trinajstić information content (AvgIpc) is 3.39. The van der Waals surface area contributed by atoms with E-state index >= 15 is 0 Å². The molecule has 0 radical (unpaired) electrons. The summed E-state index contributed by atoms with van der Waals surface area (Å²) in [6.45, 7) is 6.95. The van der Waals surface area contributed by atoms with Crippen molar-refractivity contribution in [3.8, 4) is 0 Å². The lowest BCUT2D eigenvalue weighted by molar-refractivity contribution is -0.149. The van der Waals surface area contributed by atoms with Gasteiger partial charge in [0.15, 0.2) is 16.8 Å². The Hall–Kier alpha value is -2.38. The number of nitrogens with zero attached hydrogens (tertiary/aromatic N) is 5. The Labute approximate surface area is 227 Å². The number of hydrogen-bond donors (Lipinski definition) is 1. The van der Waals surface area contributed by atoms with Crippen molar-refractivity contribution in [3.05, 3.63) is 45.9 Å². The number of methoxy groups -OCH3 is 2. The van der Waals surface area contributed by atoms with E-state index in [9.17, 15) is 9.59 Å². The second kappa shape index (κ2) is 12.0. The van der Waals surface area contributed by atoms with E-state index in [1.165, 1.54) is 14.2 Å². The van der Waals surface area contributed by atoms with Crippen molar-refractivity contribution in [3.63, 3.8) is 0 Å². The molecule has 1 N–H and O–H groups in total. The van der Waals surface area contributed by atoms with Crippen molar-refractivity contribution in [1.29, 1.82) is 0 Å². The number of aromatic nitrogens is 6. The number of pyridine rings is 2. The Morgan fingerprint density at radius 3 is 2.03 bits per heavy atom. The summed E-state index contributed by atoms with van der Waals surface area (Å²) >= 11 is 9.80. The fourth-order valence-electron chi connectivity index (χ4n) is 2.70. The molecule has 0 unspecified atom stereocenters. The van der Waals surface area contributed by atoms with Crippen molar-refractivity contribution in [2.75, 3.05) is 14.2 Å². The number of carbonyl (C=O) groups excluding carboxylic acids is 2. The number of ether oxygens (including phenoxy) is 2. The van der Waals surface area contributed by atoms with Gasteiger partial charge < -0.3 is 9.47 Å². The Bertz CT molecular complexity index is 1310. The number of alkyl halides is 1. The third-order valence-corrected chi connectivity index (χ3v) is 6.08. The van der Waals surface area contributed by atoms with E-state index in [0.29, 0.717) is 10.3 Å². The SMILES string of the molecule is Brc1[nH]nc2ncccc12.COC(=O)C(C)(C)Br.COC(=O)C(C)(C)n1nc(Br)c2cccnc21. The smallest absolute Gasteiger partial charge is 0.333 e. The summed E-state index contributed by atoms with van der Waals surface area (Å²) in [6.07, 6.45) is 3.38. The van der Waals surface area contributed by atoms with Gasteiger partial charge in [0.25, 0.3) is 0 Å². The van der Waals surface area contributed by atoms with Gasteiger partial charge >= 0.3 is 11.9 Å². The Morgan fingerprint density at radius 1 is 0.943 bits per heavy atom. The lowest BCUT2D eigenvalue weighted by Gasteiger charge is -2.22. The summed E-state index contributed by atoms with van der Waals surface area (Å²) in [6, 6.07) is 7.55. The number of rotatable bonds is 3. The van der Waals surface area contributed by atoms with Gasteiger partial charge in [-0.3, -0.25) is 9.89 Å². The molecule has 10 nitrogen and oxygen atoms in total. The predicted octanol–water partition coefficient (Wildman–Crippen LogP) is 5.16. The second-order valence-corrected chi connectivity index (χ2v) is 11.5. The van der Waals surface area contributed by atoms with Crippen LogP contribution in [0.2, 0.25) is 0 Å². The van der Waals surface area contributed by atoms with Crippen LogP contribution < -0.4 is 0 Å². The van der Waals surface area contributed by atoms with Crippen LogP contribution in [-0.2, 0) is 24.6 Å². The number of hydrogen-bond acceptors (Lipinski definition) is 8. The number of halogens is 3. The first-order chi connectivity index (χ1) is 16.3. The molecular formula is C22H25Br3N6O4. The maximum Gasteiger partial charge on any atom is 0.333 e. The first-order valence-corrected chi connectivity index (χ1v) is 12.5. The number of carbonyl (C=O) groups is 2. The average molecular weight is 677 g/mol. The van der Waals surface area contributed by atoms with Crippen LogP contribution in [0, 0.1) is 0 Å². The van der Waals surface area contributed by atoms with Gasteiger partial charge in [-0.2, -0.15) is 10.2 Å². The van der Waals surface area contributed by atoms with E-state index in [1.54, 1.807) is 44.8 Å². The lowest BCUT2D eigenvalue weighted by atomic mass is 10.1. The Kier molecular flexibility index (Phi) is 9.93. The zero-order chi connectivity index (χ0) is 26.4. The molecule has 0 spiro atoms. The maximum atomic E-state index is 11.8. The number of H-pyrrole nitrogens is 1. The molecule has 0 saturated heterocycles. The van der Waals surface area contributed by atoms with E-state index < -0.39 is 9.86 Å². The molecule has 0 saturated carbocycles. The van der Waals surface area contributed by atoms with Crippen LogP contribution in [0.1, 0.15) is 27.7 Å². The first kappa shape index (κ1) is 28.9. The van der Waals surface area contributed by atoms with Gasteiger partial charge in [-0.1, -0.05) is 15.9 Å². The van der Waals surface area contributed by atoms with Gasteiger partial charge in [0.05, 0.1) is 25.0 Å². The summed E-state index contributed by atoms with van der Waals surface area (Å²) in [5.41, 5.74) is 0.497. The third kappa shape index (κ3) is 7.07. The van der Waals surface area contributed by atoms with Crippen LogP contribution in [0.4, 0.5) is 0 Å². The summed E-state index contributed by atoms with van der Waals surface area (Å²) in [4.78, 5) is 30.6. The lowest BCUT2D eigenvalue weighted by Crippen LogP contribution is -2.37. The normalized spacial score (nSPS) is 11.2. The van der Waals surface area contributed by atoms with Gasteiger partial charge in [0.2, 0.25) is 0 Å². The highest BCUT2D eigenvalue weighted by Gasteiger charge is 2.34. The monoisotopic (exact) mass is 674 g/mol. The molecule has 35 heavy (non-hydrogen) atoms. The summed E-state index contributed by atoms with van der Waals surface area (Å²) in [5.74, 6) is -0.613. The van der Waals surface area contributed by atoms with Gasteiger partial charge in [-0.25, -0.2) is 19.4 Å². The number of nitrogens with one attached hydrogen (secondary N) is 1. The highest BCUT2D eigenvalue weighted by molar-refractivity contribution is 9.11. The van der Waals surface area contributed by atoms with Crippen molar-refractivity contribution in [2.45, 2.75) is 37.6 Å². The van der Waals surface area contributed by atoms with Crippen LogP contribution in [0.5, 0.6) is 0 Å². The molecule has 13 heteroatoms. The quantitative estimate of drug-likeness (QED) is 0.233. The molecule has 0 aromatic carbocycles. The van der Waals surface area contributed by atoms with E-state index in [-0.39, 0.29) is 11.9 Å². The summed E-state index contributed by atoms with van der Waals surface area (Å²) < 4.78 is 11.8. The molecule has 0 aliphatic rings. The molecule has 188 valence electrons. The molecule has 4 aromatic heterocycles. The molecule has 0 fully saturated rings. The molecule has 4 rings (SSSR count). The van der Waals surface area contributed by atoms with Crippen molar-refractivity contribution < 1.29 is 19.1 Å². The minimum absolute atomic E-state index is 0.252. The standard InChI is InChI=1S/C11H12BrN3O2.C6H4BrN3.C5H9BrO2/c1-11(2,10(16)17-3)15-9-7(8(12)14-15)5-4-6-13-9;7-5-4-2-1-3-8-6(4)10-9-5;1-5(2,6)4(7)8-3/h4-6H,1-3H3;1-3H,(H,8,9,10);1-3H3. The minimum atomic E-state index is -0.895. The molecule has 0 aliphatic heterocycles. The van der Waals surface area contributed by atoms with Crippen LogP contribution in [0.3, 0.4) is 0 Å². The maximum absolute atomic E-state index is 11.8. The van der Waals surface area contributed by atoms with Gasteiger partial charge in [-0.05, 0) is 83.8 Å². The van der Waals surface area contributed by atoms with Crippen LogP contribution in [0.25, 0.3) is 22.1 Å². The molecule has 0 bridgehead atoms. The van der Waals surface area contributed by atoms with Gasteiger partial charge in [-0.15, -0.1) is 0 Å². The topological polar surface area (TPSA) is 125 Å². The Morgan fingerprint density at radius 2 is 1.51 bits per heavy atom. The zero-order valence-electron chi connectivity index (χ0n) is 20.0. The molecule has 4 aromatic rings. The predicted molar refractivity (Wildman–Crippen MR) is 143 cm³/mol. The van der Waals surface area contributed by atoms with Gasteiger partial charge in [0, 0.05) is 12.4 Å². The van der Waals surface area contributed by atoms with Crippen LogP contribution >= 0.6 is 47.8 Å². The van der Waals surface area contributed by atoms with Gasteiger partial charge in [0.1, 0.15) is 13.5 Å². The van der Waals surface area contributed by atoms with E-state index in [1.807, 2.05) is 24.3 Å². The molecule has 0 atom stereocenters. The molecule has 4 heterocycles. The first-order valence-electron chi connectivity index (χ1n) is 10.1. The zero-order valence-corrected chi connectivity index (χ0v) is 24.7. The third-order valence-electron chi connectivity index (χ3n) is 4.57. The highest BCUT2D eigenvalue weighted by atomic mass is 79.9. The second-order valence-electron chi connectivity index (χ2n) is 8.00. The Balaban J connectivity index is 0.000000204. The number of aromatic amines is 1. The minimum Gasteiger partial charge on any atom is -0.468 e. The molecule has 0 amide bonds. The number of esters is 2. The largest absolute Gasteiger partial charge is 0.468 e. The van der Waals surface area contributed by atoms with Crippen LogP contribution in [-0.4, -0.2) is 60.4 Å². The highest BCUT2D eigenvalue weighted by Crippen LogP contribution is 2.27. The fourth-order valence-corrected chi connectivity index (χ4v) is 3.73. The molecular weight excluding hydrogens is 652 g/mol. The van der Waals surface area contributed by atoms with Crippen molar-refractivity contribution >= 4 is 81.8 Å². The summed E-state index contributed by atoms with van der Waals surface area (Å²) in [5, 5.41) is 12.9. The van der Waals surface area contributed by atoms with Crippen LogP contribution in [0.15, 0.2) is 45.9 Å².